The first-order valence-electron chi connectivity index (χ1n) is 6.42. The number of aryl methyl sites for hydroxylation is 1. The van der Waals surface area contributed by atoms with Crippen molar-refractivity contribution in [3.63, 3.8) is 0 Å². The van der Waals surface area contributed by atoms with Crippen LogP contribution in [0.15, 0.2) is 6.20 Å². The summed E-state index contributed by atoms with van der Waals surface area (Å²) in [6.07, 6.45) is 8.96. The van der Waals surface area contributed by atoms with Gasteiger partial charge in [-0.3, -0.25) is 4.68 Å². The summed E-state index contributed by atoms with van der Waals surface area (Å²) in [4.78, 5) is 0. The van der Waals surface area contributed by atoms with Crippen molar-refractivity contribution in [1.82, 2.24) is 9.78 Å². The molecule has 1 unspecified atom stereocenters. The van der Waals surface area contributed by atoms with E-state index in [0.717, 1.165) is 5.92 Å². The summed E-state index contributed by atoms with van der Waals surface area (Å²) >= 11 is 0. The Bertz CT molecular complexity index is 337. The molecule has 0 aliphatic heterocycles. The molecule has 1 N–H and O–H groups in total. The van der Waals surface area contributed by atoms with E-state index in [9.17, 15) is 0 Å². The van der Waals surface area contributed by atoms with Gasteiger partial charge >= 0.3 is 0 Å². The van der Waals surface area contributed by atoms with Gasteiger partial charge in [-0.25, -0.2) is 0 Å². The van der Waals surface area contributed by atoms with Crippen LogP contribution in [0.4, 0.5) is 5.69 Å². The van der Waals surface area contributed by atoms with Crippen molar-refractivity contribution in [3.8, 4) is 0 Å². The molecule has 1 fully saturated rings. The van der Waals surface area contributed by atoms with Crippen LogP contribution in [0.1, 0.15) is 44.7 Å². The Morgan fingerprint density at radius 3 is 2.75 bits per heavy atom. The van der Waals surface area contributed by atoms with E-state index in [4.69, 9.17) is 0 Å². The molecular weight excluding hydrogens is 198 g/mol. The van der Waals surface area contributed by atoms with E-state index in [1.165, 1.54) is 43.5 Å². The molecule has 1 atom stereocenters. The zero-order chi connectivity index (χ0) is 11.5. The van der Waals surface area contributed by atoms with Crippen LogP contribution >= 0.6 is 0 Å². The predicted octanol–water partition coefficient (Wildman–Crippen LogP) is 3.11. The maximum Gasteiger partial charge on any atom is 0.0758 e. The van der Waals surface area contributed by atoms with Crippen LogP contribution in [0.3, 0.4) is 0 Å². The first-order valence-corrected chi connectivity index (χ1v) is 6.42. The number of nitrogens with zero attached hydrogens (tertiary/aromatic N) is 2. The van der Waals surface area contributed by atoms with E-state index in [1.54, 1.807) is 0 Å². The lowest BCUT2D eigenvalue weighted by Crippen LogP contribution is -2.18. The first kappa shape index (κ1) is 11.5. The van der Waals surface area contributed by atoms with Crippen LogP contribution in [0.25, 0.3) is 0 Å². The molecule has 0 radical (unpaired) electrons. The molecule has 2 rings (SSSR count). The van der Waals surface area contributed by atoms with Gasteiger partial charge in [-0.15, -0.1) is 0 Å². The molecule has 1 saturated carbocycles. The van der Waals surface area contributed by atoms with Gasteiger partial charge in [-0.1, -0.05) is 25.7 Å². The Labute approximate surface area is 98.2 Å². The molecule has 1 aromatic rings. The SMILES string of the molecule is Cc1c(NC(C)CC2CCCC2)cnn1C. The van der Waals surface area contributed by atoms with Crippen molar-refractivity contribution < 1.29 is 0 Å². The molecule has 1 aliphatic rings. The van der Waals surface area contributed by atoms with Gasteiger partial charge in [0.25, 0.3) is 0 Å². The summed E-state index contributed by atoms with van der Waals surface area (Å²) < 4.78 is 1.92. The topological polar surface area (TPSA) is 29.9 Å². The Morgan fingerprint density at radius 1 is 1.50 bits per heavy atom. The molecule has 0 saturated heterocycles. The van der Waals surface area contributed by atoms with Crippen molar-refractivity contribution in [2.75, 3.05) is 5.32 Å². The third-order valence-corrected chi connectivity index (χ3v) is 3.80. The number of aromatic nitrogens is 2. The molecule has 3 heteroatoms. The monoisotopic (exact) mass is 221 g/mol. The maximum absolute atomic E-state index is 4.26. The lowest BCUT2D eigenvalue weighted by Gasteiger charge is -2.18. The third-order valence-electron chi connectivity index (χ3n) is 3.80. The molecule has 1 aromatic heterocycles. The standard InChI is InChI=1S/C13H23N3/c1-10(8-12-6-4-5-7-12)15-13-9-14-16(3)11(13)2/h9-10,12,15H,4-8H2,1-3H3. The smallest absolute Gasteiger partial charge is 0.0758 e. The van der Waals surface area contributed by atoms with Gasteiger partial charge in [-0.05, 0) is 26.2 Å². The molecule has 1 aliphatic carbocycles. The minimum atomic E-state index is 0.561. The maximum atomic E-state index is 4.26. The molecule has 1 heterocycles. The molecule has 16 heavy (non-hydrogen) atoms. The zero-order valence-corrected chi connectivity index (χ0v) is 10.7. The van der Waals surface area contributed by atoms with Crippen LogP contribution < -0.4 is 5.32 Å². The summed E-state index contributed by atoms with van der Waals surface area (Å²) in [5, 5.41) is 7.83. The highest BCUT2D eigenvalue weighted by molar-refractivity contribution is 5.46. The summed E-state index contributed by atoms with van der Waals surface area (Å²) in [7, 11) is 1.99. The molecule has 3 nitrogen and oxygen atoms in total. The minimum absolute atomic E-state index is 0.561. The molecular formula is C13H23N3. The fraction of sp³-hybridized carbons (Fsp3) is 0.769. The third kappa shape index (κ3) is 2.57. The normalized spacial score (nSPS) is 18.9. The van der Waals surface area contributed by atoms with E-state index in [0.29, 0.717) is 6.04 Å². The quantitative estimate of drug-likeness (QED) is 0.846. The van der Waals surface area contributed by atoms with Crippen LogP contribution in [0, 0.1) is 12.8 Å². The predicted molar refractivity (Wildman–Crippen MR) is 67.6 cm³/mol. The second-order valence-electron chi connectivity index (χ2n) is 5.20. The Kier molecular flexibility index (Phi) is 3.52. The number of anilines is 1. The molecule has 90 valence electrons. The Hall–Kier alpha value is -0.990. The lowest BCUT2D eigenvalue weighted by molar-refractivity contribution is 0.472. The fourth-order valence-corrected chi connectivity index (χ4v) is 2.71. The van der Waals surface area contributed by atoms with Crippen LogP contribution in [0.5, 0.6) is 0 Å². The number of hydrogen-bond acceptors (Lipinski definition) is 2. The van der Waals surface area contributed by atoms with Gasteiger partial charge in [0.1, 0.15) is 0 Å². The largest absolute Gasteiger partial charge is 0.380 e. The molecule has 0 amide bonds. The lowest BCUT2D eigenvalue weighted by atomic mass is 9.99. The van der Waals surface area contributed by atoms with E-state index < -0.39 is 0 Å². The Morgan fingerprint density at radius 2 is 2.19 bits per heavy atom. The molecule has 0 spiro atoms. The number of rotatable bonds is 4. The van der Waals surface area contributed by atoms with Gasteiger partial charge < -0.3 is 5.32 Å². The second kappa shape index (κ2) is 4.89. The van der Waals surface area contributed by atoms with Crippen molar-refractivity contribution in [1.29, 1.82) is 0 Å². The van der Waals surface area contributed by atoms with Crippen molar-refractivity contribution in [2.45, 2.75) is 52.0 Å². The summed E-state index contributed by atoms with van der Waals surface area (Å²) in [5.41, 5.74) is 2.41. The van der Waals surface area contributed by atoms with Crippen LogP contribution in [0.2, 0.25) is 0 Å². The van der Waals surface area contributed by atoms with Crippen LogP contribution in [-0.4, -0.2) is 15.8 Å². The van der Waals surface area contributed by atoms with Gasteiger partial charge in [0, 0.05) is 13.1 Å². The van der Waals surface area contributed by atoms with Crippen LogP contribution in [-0.2, 0) is 7.05 Å². The van der Waals surface area contributed by atoms with Gasteiger partial charge in [0.05, 0.1) is 17.6 Å². The van der Waals surface area contributed by atoms with E-state index in [1.807, 2.05) is 17.9 Å². The van der Waals surface area contributed by atoms with Gasteiger partial charge in [0.2, 0.25) is 0 Å². The molecule has 0 aromatic carbocycles. The second-order valence-corrected chi connectivity index (χ2v) is 5.20. The average Bonchev–Trinajstić information content (AvgIpc) is 2.83. The van der Waals surface area contributed by atoms with Crippen molar-refractivity contribution >= 4 is 5.69 Å². The summed E-state index contributed by atoms with van der Waals surface area (Å²) in [6, 6.07) is 0.561. The fourth-order valence-electron chi connectivity index (χ4n) is 2.71. The zero-order valence-electron chi connectivity index (χ0n) is 10.7. The number of nitrogens with one attached hydrogen (secondary N) is 1. The van der Waals surface area contributed by atoms with Crippen molar-refractivity contribution in [2.24, 2.45) is 13.0 Å². The minimum Gasteiger partial charge on any atom is -0.380 e. The van der Waals surface area contributed by atoms with E-state index >= 15 is 0 Å². The Balaban J connectivity index is 1.86. The van der Waals surface area contributed by atoms with Gasteiger partial charge in [-0.2, -0.15) is 5.10 Å². The van der Waals surface area contributed by atoms with Gasteiger partial charge in [0.15, 0.2) is 0 Å². The van der Waals surface area contributed by atoms with E-state index in [2.05, 4.69) is 24.3 Å². The molecule has 0 bridgehead atoms. The highest BCUT2D eigenvalue weighted by Gasteiger charge is 2.18. The average molecular weight is 221 g/mol. The summed E-state index contributed by atoms with van der Waals surface area (Å²) in [6.45, 7) is 4.39. The van der Waals surface area contributed by atoms with Crippen molar-refractivity contribution in [3.05, 3.63) is 11.9 Å². The van der Waals surface area contributed by atoms with E-state index in [-0.39, 0.29) is 0 Å². The number of hydrogen-bond donors (Lipinski definition) is 1. The highest BCUT2D eigenvalue weighted by Crippen LogP contribution is 2.29. The first-order chi connectivity index (χ1) is 7.66. The highest BCUT2D eigenvalue weighted by atomic mass is 15.3. The summed E-state index contributed by atoms with van der Waals surface area (Å²) in [5.74, 6) is 0.944.